The molecule has 3 rings (SSSR count). The summed E-state index contributed by atoms with van der Waals surface area (Å²) in [6.45, 7) is 7.85. The van der Waals surface area contributed by atoms with E-state index in [9.17, 15) is 4.79 Å². The molecule has 0 fully saturated rings. The Bertz CT molecular complexity index is 977. The fraction of sp³-hybridized carbons (Fsp3) is 0.333. The minimum absolute atomic E-state index is 0.0178. The highest BCUT2D eigenvalue weighted by molar-refractivity contribution is 7.99. The standard InChI is InChI=1S/C21H24N4O2S2/c1-13-19(29-20(22-13)14-6-8-15(27-5)9-7-14)16-10-11-18(25-24-16)28-12-17(26)23-21(2,3)4/h6-11H,12H2,1-5H3,(H,23,26). The molecule has 6 nitrogen and oxygen atoms in total. The summed E-state index contributed by atoms with van der Waals surface area (Å²) in [6, 6.07) is 11.7. The molecule has 0 saturated carbocycles. The molecule has 1 aromatic carbocycles. The molecule has 0 unspecified atom stereocenters. The van der Waals surface area contributed by atoms with Crippen molar-refractivity contribution >= 4 is 29.0 Å². The van der Waals surface area contributed by atoms with Crippen LogP contribution in [-0.4, -0.2) is 39.5 Å². The fourth-order valence-electron chi connectivity index (χ4n) is 2.60. The first-order valence-electron chi connectivity index (χ1n) is 9.15. The Balaban J connectivity index is 1.69. The summed E-state index contributed by atoms with van der Waals surface area (Å²) >= 11 is 2.96. The summed E-state index contributed by atoms with van der Waals surface area (Å²) in [7, 11) is 1.65. The number of rotatable bonds is 6. The number of carbonyl (C=O) groups is 1. The molecule has 1 amide bonds. The first-order chi connectivity index (χ1) is 13.7. The lowest BCUT2D eigenvalue weighted by Gasteiger charge is -2.20. The first-order valence-corrected chi connectivity index (χ1v) is 10.9. The van der Waals surface area contributed by atoms with Gasteiger partial charge in [-0.2, -0.15) is 0 Å². The predicted octanol–water partition coefficient (Wildman–Crippen LogP) is 4.59. The summed E-state index contributed by atoms with van der Waals surface area (Å²) in [5.41, 5.74) is 2.50. The van der Waals surface area contributed by atoms with Crippen LogP contribution in [0.15, 0.2) is 41.4 Å². The van der Waals surface area contributed by atoms with Crippen LogP contribution in [0.4, 0.5) is 0 Å². The molecule has 2 aromatic heterocycles. The molecule has 152 valence electrons. The van der Waals surface area contributed by atoms with Crippen molar-refractivity contribution in [2.24, 2.45) is 0 Å². The zero-order chi connectivity index (χ0) is 21.0. The SMILES string of the molecule is COc1ccc(-c2nc(C)c(-c3ccc(SCC(=O)NC(C)(C)C)nn3)s2)cc1. The number of thioether (sulfide) groups is 1. The van der Waals surface area contributed by atoms with Crippen molar-refractivity contribution in [2.75, 3.05) is 12.9 Å². The fourth-order valence-corrected chi connectivity index (χ4v) is 4.25. The van der Waals surface area contributed by atoms with Crippen molar-refractivity contribution in [2.45, 2.75) is 38.3 Å². The van der Waals surface area contributed by atoms with Crippen LogP contribution < -0.4 is 10.1 Å². The van der Waals surface area contributed by atoms with Gasteiger partial charge in [0.1, 0.15) is 21.5 Å². The number of aryl methyl sites for hydroxylation is 1. The molecule has 8 heteroatoms. The Morgan fingerprint density at radius 1 is 1.14 bits per heavy atom. The molecule has 2 heterocycles. The second-order valence-electron chi connectivity index (χ2n) is 7.51. The van der Waals surface area contributed by atoms with E-state index in [1.807, 2.05) is 64.1 Å². The number of methoxy groups -OCH3 is 1. The monoisotopic (exact) mass is 428 g/mol. The van der Waals surface area contributed by atoms with E-state index in [0.717, 1.165) is 37.6 Å². The van der Waals surface area contributed by atoms with Crippen molar-refractivity contribution in [1.29, 1.82) is 0 Å². The molecule has 0 aliphatic rings. The zero-order valence-corrected chi connectivity index (χ0v) is 18.8. The van der Waals surface area contributed by atoms with Gasteiger partial charge in [-0.25, -0.2) is 4.98 Å². The quantitative estimate of drug-likeness (QED) is 0.579. The smallest absolute Gasteiger partial charge is 0.230 e. The molecule has 3 aromatic rings. The molecule has 0 spiro atoms. The van der Waals surface area contributed by atoms with E-state index in [1.165, 1.54) is 11.8 Å². The number of nitrogens with zero attached hydrogens (tertiary/aromatic N) is 3. The van der Waals surface area contributed by atoms with Crippen molar-refractivity contribution in [1.82, 2.24) is 20.5 Å². The lowest BCUT2D eigenvalue weighted by atomic mass is 10.1. The van der Waals surface area contributed by atoms with Crippen LogP contribution in [0.1, 0.15) is 26.5 Å². The topological polar surface area (TPSA) is 77.0 Å². The number of carbonyl (C=O) groups excluding carboxylic acids is 1. The average molecular weight is 429 g/mol. The number of amides is 1. The molecular formula is C21H24N4O2S2. The largest absolute Gasteiger partial charge is 0.497 e. The second kappa shape index (κ2) is 8.92. The van der Waals surface area contributed by atoms with Crippen molar-refractivity contribution in [3.8, 4) is 26.9 Å². The van der Waals surface area contributed by atoms with Gasteiger partial charge >= 0.3 is 0 Å². The predicted molar refractivity (Wildman–Crippen MR) is 118 cm³/mol. The summed E-state index contributed by atoms with van der Waals surface area (Å²) in [4.78, 5) is 17.6. The number of benzene rings is 1. The molecule has 1 N–H and O–H groups in total. The van der Waals surface area contributed by atoms with Crippen LogP contribution in [0.2, 0.25) is 0 Å². The molecular weight excluding hydrogens is 404 g/mol. The third-order valence-corrected chi connectivity index (χ3v) is 6.02. The van der Waals surface area contributed by atoms with E-state index in [2.05, 4.69) is 20.5 Å². The Labute approximate surface area is 179 Å². The molecule has 0 atom stereocenters. The van der Waals surface area contributed by atoms with Gasteiger partial charge in [0.05, 0.1) is 23.4 Å². The minimum Gasteiger partial charge on any atom is -0.497 e. The van der Waals surface area contributed by atoms with Gasteiger partial charge in [0.15, 0.2) is 0 Å². The lowest BCUT2D eigenvalue weighted by Crippen LogP contribution is -2.41. The second-order valence-corrected chi connectivity index (χ2v) is 9.50. The Morgan fingerprint density at radius 3 is 2.45 bits per heavy atom. The van der Waals surface area contributed by atoms with Crippen molar-refractivity contribution in [3.63, 3.8) is 0 Å². The third kappa shape index (κ3) is 5.77. The number of thiazole rings is 1. The third-order valence-electron chi connectivity index (χ3n) is 3.87. The average Bonchev–Trinajstić information content (AvgIpc) is 3.07. The van der Waals surface area contributed by atoms with Gasteiger partial charge in [0.25, 0.3) is 0 Å². The van der Waals surface area contributed by atoms with Gasteiger partial charge < -0.3 is 10.1 Å². The lowest BCUT2D eigenvalue weighted by molar-refractivity contribution is -0.119. The normalized spacial score (nSPS) is 11.3. The van der Waals surface area contributed by atoms with Gasteiger partial charge in [0.2, 0.25) is 5.91 Å². The number of nitrogens with one attached hydrogen (secondary N) is 1. The van der Waals surface area contributed by atoms with Crippen molar-refractivity contribution < 1.29 is 9.53 Å². The minimum atomic E-state index is -0.238. The van der Waals surface area contributed by atoms with Crippen LogP contribution in [0, 0.1) is 6.92 Å². The van der Waals surface area contributed by atoms with E-state index in [4.69, 9.17) is 4.74 Å². The molecule has 0 aliphatic heterocycles. The van der Waals surface area contributed by atoms with Gasteiger partial charge in [-0.1, -0.05) is 11.8 Å². The Morgan fingerprint density at radius 2 is 1.86 bits per heavy atom. The summed E-state index contributed by atoms with van der Waals surface area (Å²) in [5.74, 6) is 1.11. The summed E-state index contributed by atoms with van der Waals surface area (Å²) in [6.07, 6.45) is 0. The summed E-state index contributed by atoms with van der Waals surface area (Å²) < 4.78 is 5.21. The molecule has 0 radical (unpaired) electrons. The van der Waals surface area contributed by atoms with Crippen molar-refractivity contribution in [3.05, 3.63) is 42.1 Å². The molecule has 0 bridgehead atoms. The number of hydrogen-bond donors (Lipinski definition) is 1. The number of ether oxygens (including phenoxy) is 1. The van der Waals surface area contributed by atoms with E-state index in [0.29, 0.717) is 5.75 Å². The Hall–Kier alpha value is -2.45. The van der Waals surface area contributed by atoms with E-state index >= 15 is 0 Å². The van der Waals surface area contributed by atoms with E-state index < -0.39 is 0 Å². The van der Waals surface area contributed by atoms with Crippen LogP contribution in [0.25, 0.3) is 21.1 Å². The van der Waals surface area contributed by atoms with Crippen LogP contribution in [0.5, 0.6) is 5.75 Å². The highest BCUT2D eigenvalue weighted by Gasteiger charge is 2.15. The molecule has 0 aliphatic carbocycles. The van der Waals surface area contributed by atoms with Gasteiger partial charge in [-0.05, 0) is 64.1 Å². The Kier molecular flexibility index (Phi) is 6.54. The van der Waals surface area contributed by atoms with Gasteiger partial charge in [-0.15, -0.1) is 21.5 Å². The zero-order valence-electron chi connectivity index (χ0n) is 17.1. The maximum absolute atomic E-state index is 11.9. The number of aromatic nitrogens is 3. The summed E-state index contributed by atoms with van der Waals surface area (Å²) in [5, 5.41) is 13.2. The maximum atomic E-state index is 11.9. The van der Waals surface area contributed by atoms with E-state index in [-0.39, 0.29) is 11.4 Å². The maximum Gasteiger partial charge on any atom is 0.230 e. The van der Waals surface area contributed by atoms with Crippen LogP contribution in [0.3, 0.4) is 0 Å². The highest BCUT2D eigenvalue weighted by Crippen LogP contribution is 2.34. The van der Waals surface area contributed by atoms with Gasteiger partial charge in [-0.3, -0.25) is 4.79 Å². The van der Waals surface area contributed by atoms with Crippen LogP contribution >= 0.6 is 23.1 Å². The number of hydrogen-bond acceptors (Lipinski definition) is 7. The molecule has 0 saturated heterocycles. The van der Waals surface area contributed by atoms with Crippen LogP contribution in [-0.2, 0) is 4.79 Å². The molecule has 29 heavy (non-hydrogen) atoms. The van der Waals surface area contributed by atoms with E-state index in [1.54, 1.807) is 18.4 Å². The highest BCUT2D eigenvalue weighted by atomic mass is 32.2. The van der Waals surface area contributed by atoms with Gasteiger partial charge in [0, 0.05) is 11.1 Å². The first kappa shape index (κ1) is 21.3.